The number of carbonyl (C=O) groups is 2. The van der Waals surface area contributed by atoms with Crippen molar-refractivity contribution in [3.8, 4) is 0 Å². The average molecular weight is 394 g/mol. The lowest BCUT2D eigenvalue weighted by Gasteiger charge is -2.33. The van der Waals surface area contributed by atoms with Crippen LogP contribution in [0.5, 0.6) is 0 Å². The highest BCUT2D eigenvalue weighted by Gasteiger charge is 2.25. The first kappa shape index (κ1) is 20.9. The summed E-state index contributed by atoms with van der Waals surface area (Å²) in [6.45, 7) is 6.41. The first-order valence-corrected chi connectivity index (χ1v) is 10.5. The predicted octanol–water partition coefficient (Wildman–Crippen LogP) is 4.87. The van der Waals surface area contributed by atoms with E-state index in [2.05, 4.69) is 30.5 Å². The van der Waals surface area contributed by atoms with Gasteiger partial charge in [0.05, 0.1) is 0 Å². The maximum absolute atomic E-state index is 12.6. The SMILES string of the molecule is CC(C)CCNC(=O)c1cccc([C@@H]2CCCN(C(=O)Nc3ccccc3)C2)c1. The molecule has 1 atom stereocenters. The van der Waals surface area contributed by atoms with E-state index < -0.39 is 0 Å². The molecular weight excluding hydrogens is 362 g/mol. The van der Waals surface area contributed by atoms with Gasteiger partial charge in [-0.2, -0.15) is 0 Å². The van der Waals surface area contributed by atoms with Gasteiger partial charge >= 0.3 is 6.03 Å². The monoisotopic (exact) mass is 393 g/mol. The number of nitrogens with one attached hydrogen (secondary N) is 2. The summed E-state index contributed by atoms with van der Waals surface area (Å²) in [6.07, 6.45) is 2.95. The average Bonchev–Trinajstić information content (AvgIpc) is 2.74. The fourth-order valence-electron chi connectivity index (χ4n) is 3.67. The van der Waals surface area contributed by atoms with Crippen LogP contribution in [-0.2, 0) is 0 Å². The Morgan fingerprint density at radius 2 is 1.90 bits per heavy atom. The van der Waals surface area contributed by atoms with Crippen LogP contribution < -0.4 is 10.6 Å². The van der Waals surface area contributed by atoms with E-state index in [1.54, 1.807) is 0 Å². The molecule has 1 fully saturated rings. The maximum Gasteiger partial charge on any atom is 0.321 e. The number of urea groups is 1. The van der Waals surface area contributed by atoms with E-state index >= 15 is 0 Å². The Balaban J connectivity index is 1.61. The molecule has 2 aromatic rings. The topological polar surface area (TPSA) is 61.4 Å². The maximum atomic E-state index is 12.6. The van der Waals surface area contributed by atoms with Gasteiger partial charge in [-0.05, 0) is 55.0 Å². The Labute approximate surface area is 173 Å². The van der Waals surface area contributed by atoms with Gasteiger partial charge in [0.2, 0.25) is 0 Å². The Bertz CT molecular complexity index is 820. The van der Waals surface area contributed by atoms with Gasteiger partial charge in [0.1, 0.15) is 0 Å². The third-order valence-corrected chi connectivity index (χ3v) is 5.36. The van der Waals surface area contributed by atoms with Crippen molar-refractivity contribution in [1.29, 1.82) is 0 Å². The molecular formula is C24H31N3O2. The summed E-state index contributed by atoms with van der Waals surface area (Å²) in [7, 11) is 0. The molecule has 1 heterocycles. The molecule has 0 radical (unpaired) electrons. The summed E-state index contributed by atoms with van der Waals surface area (Å²) >= 11 is 0. The van der Waals surface area contributed by atoms with Gasteiger partial charge in [-0.25, -0.2) is 4.79 Å². The highest BCUT2D eigenvalue weighted by Crippen LogP contribution is 2.28. The lowest BCUT2D eigenvalue weighted by molar-refractivity contribution is 0.0951. The second-order valence-corrected chi connectivity index (χ2v) is 8.15. The predicted molar refractivity (Wildman–Crippen MR) is 117 cm³/mol. The first-order valence-electron chi connectivity index (χ1n) is 10.5. The van der Waals surface area contributed by atoms with Crippen LogP contribution >= 0.6 is 0 Å². The Hall–Kier alpha value is -2.82. The molecule has 1 saturated heterocycles. The van der Waals surface area contributed by atoms with Gasteiger partial charge in [0.25, 0.3) is 5.91 Å². The summed E-state index contributed by atoms with van der Waals surface area (Å²) in [4.78, 5) is 27.0. The van der Waals surface area contributed by atoms with Gasteiger partial charge < -0.3 is 15.5 Å². The van der Waals surface area contributed by atoms with E-state index in [0.29, 0.717) is 24.6 Å². The molecule has 0 bridgehead atoms. The van der Waals surface area contributed by atoms with E-state index in [-0.39, 0.29) is 17.9 Å². The van der Waals surface area contributed by atoms with Crippen molar-refractivity contribution in [2.45, 2.75) is 39.0 Å². The van der Waals surface area contributed by atoms with Crippen molar-refractivity contribution in [3.05, 3.63) is 65.7 Å². The number of piperidine rings is 1. The molecule has 0 aliphatic carbocycles. The minimum absolute atomic E-state index is 0.0259. The fourth-order valence-corrected chi connectivity index (χ4v) is 3.67. The molecule has 0 saturated carbocycles. The van der Waals surface area contributed by atoms with Crippen molar-refractivity contribution >= 4 is 17.6 Å². The highest BCUT2D eigenvalue weighted by atomic mass is 16.2. The lowest BCUT2D eigenvalue weighted by Crippen LogP contribution is -2.41. The fraction of sp³-hybridized carbons (Fsp3) is 0.417. The molecule has 2 aromatic carbocycles. The zero-order valence-electron chi connectivity index (χ0n) is 17.4. The number of anilines is 1. The number of hydrogen-bond acceptors (Lipinski definition) is 2. The molecule has 5 nitrogen and oxygen atoms in total. The summed E-state index contributed by atoms with van der Waals surface area (Å²) < 4.78 is 0. The number of nitrogens with zero attached hydrogens (tertiary/aromatic N) is 1. The minimum Gasteiger partial charge on any atom is -0.352 e. The summed E-state index contributed by atoms with van der Waals surface area (Å²) in [6, 6.07) is 17.3. The van der Waals surface area contributed by atoms with Gasteiger partial charge in [-0.3, -0.25) is 4.79 Å². The van der Waals surface area contributed by atoms with Gasteiger partial charge in [-0.15, -0.1) is 0 Å². The Morgan fingerprint density at radius 3 is 2.66 bits per heavy atom. The van der Waals surface area contributed by atoms with E-state index in [1.807, 2.05) is 53.4 Å². The van der Waals surface area contributed by atoms with Gasteiger partial charge in [0, 0.05) is 36.8 Å². The molecule has 0 aromatic heterocycles. The third-order valence-electron chi connectivity index (χ3n) is 5.36. The van der Waals surface area contributed by atoms with Crippen molar-refractivity contribution < 1.29 is 9.59 Å². The molecule has 3 amide bonds. The van der Waals surface area contributed by atoms with Crippen LogP contribution in [0.15, 0.2) is 54.6 Å². The lowest BCUT2D eigenvalue weighted by atomic mass is 9.89. The first-order chi connectivity index (χ1) is 14.0. The van der Waals surface area contributed by atoms with Crippen molar-refractivity contribution in [3.63, 3.8) is 0 Å². The van der Waals surface area contributed by atoms with E-state index in [1.165, 1.54) is 0 Å². The van der Waals surface area contributed by atoms with Crippen molar-refractivity contribution in [1.82, 2.24) is 10.2 Å². The molecule has 29 heavy (non-hydrogen) atoms. The van der Waals surface area contributed by atoms with Crippen molar-refractivity contribution in [2.24, 2.45) is 5.92 Å². The second-order valence-electron chi connectivity index (χ2n) is 8.15. The standard InChI is InChI=1S/C24H31N3O2/c1-18(2)13-14-25-23(28)20-9-6-8-19(16-20)21-10-7-15-27(17-21)24(29)26-22-11-4-3-5-12-22/h3-6,8-9,11-12,16,18,21H,7,10,13-15,17H2,1-2H3,(H,25,28)(H,26,29)/t21-/m1/s1. The molecule has 1 aliphatic rings. The summed E-state index contributed by atoms with van der Waals surface area (Å²) in [5.74, 6) is 0.785. The van der Waals surface area contributed by atoms with Crippen LogP contribution in [0.4, 0.5) is 10.5 Å². The highest BCUT2D eigenvalue weighted by molar-refractivity contribution is 5.94. The Kier molecular flexibility index (Phi) is 7.28. The smallest absolute Gasteiger partial charge is 0.321 e. The van der Waals surface area contributed by atoms with Crippen LogP contribution in [0.3, 0.4) is 0 Å². The van der Waals surface area contributed by atoms with E-state index in [9.17, 15) is 9.59 Å². The number of hydrogen-bond donors (Lipinski definition) is 2. The normalized spacial score (nSPS) is 16.5. The number of likely N-dealkylation sites (tertiary alicyclic amines) is 1. The number of carbonyl (C=O) groups excluding carboxylic acids is 2. The largest absolute Gasteiger partial charge is 0.352 e. The minimum atomic E-state index is -0.0662. The van der Waals surface area contributed by atoms with Crippen LogP contribution in [0, 0.1) is 5.92 Å². The molecule has 154 valence electrons. The van der Waals surface area contributed by atoms with Crippen LogP contribution in [0.25, 0.3) is 0 Å². The van der Waals surface area contributed by atoms with Crippen LogP contribution in [-0.4, -0.2) is 36.5 Å². The number of amides is 3. The van der Waals surface area contributed by atoms with Gasteiger partial charge in [-0.1, -0.05) is 44.2 Å². The summed E-state index contributed by atoms with van der Waals surface area (Å²) in [5.41, 5.74) is 2.62. The number of benzene rings is 2. The van der Waals surface area contributed by atoms with Gasteiger partial charge in [0.15, 0.2) is 0 Å². The summed E-state index contributed by atoms with van der Waals surface area (Å²) in [5, 5.41) is 5.97. The van der Waals surface area contributed by atoms with Crippen LogP contribution in [0.1, 0.15) is 54.9 Å². The number of rotatable bonds is 6. The zero-order chi connectivity index (χ0) is 20.6. The van der Waals surface area contributed by atoms with Crippen LogP contribution in [0.2, 0.25) is 0 Å². The number of para-hydroxylation sites is 1. The zero-order valence-corrected chi connectivity index (χ0v) is 17.4. The second kappa shape index (κ2) is 10.1. The molecule has 2 N–H and O–H groups in total. The van der Waals surface area contributed by atoms with E-state index in [4.69, 9.17) is 0 Å². The quantitative estimate of drug-likeness (QED) is 0.735. The molecule has 3 rings (SSSR count). The van der Waals surface area contributed by atoms with Crippen molar-refractivity contribution in [2.75, 3.05) is 25.0 Å². The Morgan fingerprint density at radius 1 is 1.10 bits per heavy atom. The molecule has 0 spiro atoms. The third kappa shape index (κ3) is 6.08. The van der Waals surface area contributed by atoms with E-state index in [0.717, 1.165) is 37.1 Å². The molecule has 1 aliphatic heterocycles. The molecule has 5 heteroatoms. The molecule has 0 unspecified atom stereocenters.